The predicted octanol–water partition coefficient (Wildman–Crippen LogP) is 16.8. The maximum absolute atomic E-state index is 6.77. The molecule has 70 heavy (non-hydrogen) atoms. The molecule has 12 aromatic rings. The largest absolute Gasteiger partial charge is 0.456 e. The van der Waals surface area contributed by atoms with Crippen LogP contribution >= 0.6 is 0 Å². The molecule has 15 rings (SSSR count). The number of allylic oxidation sites excluding steroid dienone is 1. The number of aliphatic imine (C=N–C) groups is 2. The average Bonchev–Trinajstić information content (AvgIpc) is 4.12. The second-order valence-electron chi connectivity index (χ2n) is 18.6. The predicted molar refractivity (Wildman–Crippen MR) is 287 cm³/mol. The number of fused-ring (bicyclic) bond motifs is 16. The van der Waals surface area contributed by atoms with Gasteiger partial charge in [0, 0.05) is 44.7 Å². The third kappa shape index (κ3) is 5.53. The molecular formula is C66H40N2O2. The van der Waals surface area contributed by atoms with Crippen LogP contribution in [-0.4, -0.2) is 11.5 Å². The van der Waals surface area contributed by atoms with E-state index < -0.39 is 5.41 Å². The van der Waals surface area contributed by atoms with Crippen LogP contribution in [0.2, 0.25) is 0 Å². The smallest absolute Gasteiger partial charge is 0.160 e. The fraction of sp³-hybridized carbons (Fsp3) is 0.0303. The summed E-state index contributed by atoms with van der Waals surface area (Å²) < 4.78 is 13.2. The van der Waals surface area contributed by atoms with Crippen LogP contribution in [0.4, 0.5) is 0 Å². The molecule has 2 aromatic heterocycles. The number of furan rings is 2. The molecule has 2 aliphatic carbocycles. The topological polar surface area (TPSA) is 51.0 Å². The van der Waals surface area contributed by atoms with E-state index in [0.717, 1.165) is 88.7 Å². The molecule has 1 spiro atoms. The first-order valence-corrected chi connectivity index (χ1v) is 24.0. The van der Waals surface area contributed by atoms with E-state index in [1.807, 2.05) is 18.2 Å². The summed E-state index contributed by atoms with van der Waals surface area (Å²) in [6.07, 6.45) is 2.80. The van der Waals surface area contributed by atoms with Gasteiger partial charge in [-0.25, -0.2) is 9.98 Å². The highest BCUT2D eigenvalue weighted by Crippen LogP contribution is 2.64. The number of benzene rings is 10. The Labute approximate surface area is 403 Å². The minimum absolute atomic E-state index is 0.479. The Balaban J connectivity index is 0.933. The lowest BCUT2D eigenvalue weighted by molar-refractivity contribution is 0.668. The van der Waals surface area contributed by atoms with Crippen molar-refractivity contribution in [2.75, 3.05) is 0 Å². The van der Waals surface area contributed by atoms with Crippen molar-refractivity contribution in [1.29, 1.82) is 0 Å². The molecular weight excluding hydrogens is 853 g/mol. The Hall–Kier alpha value is -9.12. The van der Waals surface area contributed by atoms with Crippen molar-refractivity contribution >= 4 is 61.1 Å². The highest BCUT2D eigenvalue weighted by atomic mass is 16.3. The van der Waals surface area contributed by atoms with Crippen molar-refractivity contribution < 1.29 is 8.83 Å². The van der Waals surface area contributed by atoms with Gasteiger partial charge in [-0.2, -0.15) is 0 Å². The van der Waals surface area contributed by atoms with Gasteiger partial charge in [0.2, 0.25) is 0 Å². The van der Waals surface area contributed by atoms with E-state index in [2.05, 4.69) is 212 Å². The number of rotatable bonds is 5. The Morgan fingerprint density at radius 1 is 0.343 bits per heavy atom. The lowest BCUT2D eigenvalue weighted by Gasteiger charge is -2.32. The van der Waals surface area contributed by atoms with Gasteiger partial charge >= 0.3 is 0 Å². The van der Waals surface area contributed by atoms with Crippen LogP contribution in [0, 0.1) is 0 Å². The quantitative estimate of drug-likeness (QED) is 0.173. The molecule has 1 aliphatic heterocycles. The third-order valence-corrected chi connectivity index (χ3v) is 15.0. The van der Waals surface area contributed by atoms with Crippen molar-refractivity contribution in [2.45, 2.75) is 11.8 Å². The number of hydrogen-bond donors (Lipinski definition) is 0. The van der Waals surface area contributed by atoms with E-state index in [4.69, 9.17) is 18.8 Å². The van der Waals surface area contributed by atoms with Gasteiger partial charge < -0.3 is 8.83 Å². The van der Waals surface area contributed by atoms with Crippen molar-refractivity contribution in [3.05, 3.63) is 269 Å². The monoisotopic (exact) mass is 892 g/mol. The molecule has 10 aromatic carbocycles. The molecule has 0 unspecified atom stereocenters. The average molecular weight is 893 g/mol. The SMILES string of the molecule is C1=C(c2cccc3oc4ccc(-c5cccc6c5C5(c7ccccc7-c7ccccc75)c5ccccc5-6)cc4c23)N=C(c2cccc(-c3ccccc3)c2)N=C(c2cccc3oc4ccccc4c23)C1. The second kappa shape index (κ2) is 14.9. The van der Waals surface area contributed by atoms with Gasteiger partial charge in [-0.15, -0.1) is 0 Å². The molecule has 0 amide bonds. The third-order valence-electron chi connectivity index (χ3n) is 15.0. The fourth-order valence-electron chi connectivity index (χ4n) is 12.1. The summed E-state index contributed by atoms with van der Waals surface area (Å²) in [6.45, 7) is 0. The van der Waals surface area contributed by atoms with Crippen molar-refractivity contribution in [1.82, 2.24) is 0 Å². The normalized spacial score (nSPS) is 14.3. The number of nitrogens with zero attached hydrogens (tertiary/aromatic N) is 2. The van der Waals surface area contributed by atoms with Crippen LogP contribution in [0.25, 0.3) is 94.1 Å². The van der Waals surface area contributed by atoms with Crippen molar-refractivity contribution in [3.8, 4) is 44.5 Å². The molecule has 0 saturated carbocycles. The summed E-state index contributed by atoms with van der Waals surface area (Å²) in [5.41, 5.74) is 22.6. The zero-order chi connectivity index (χ0) is 45.9. The van der Waals surface area contributed by atoms with E-state index in [-0.39, 0.29) is 0 Å². The molecule has 0 saturated heterocycles. The Morgan fingerprint density at radius 3 is 1.63 bits per heavy atom. The Kier molecular flexibility index (Phi) is 8.31. The van der Waals surface area contributed by atoms with E-state index in [9.17, 15) is 0 Å². The van der Waals surface area contributed by atoms with Crippen molar-refractivity contribution in [2.24, 2.45) is 9.98 Å². The number of hydrogen-bond acceptors (Lipinski definition) is 4. The first-order valence-electron chi connectivity index (χ1n) is 24.0. The molecule has 4 nitrogen and oxygen atoms in total. The van der Waals surface area contributed by atoms with Crippen molar-refractivity contribution in [3.63, 3.8) is 0 Å². The summed E-state index contributed by atoms with van der Waals surface area (Å²) in [4.78, 5) is 11.1. The van der Waals surface area contributed by atoms with Gasteiger partial charge in [0.25, 0.3) is 0 Å². The molecule has 0 atom stereocenters. The molecule has 3 aliphatic rings. The molecule has 0 radical (unpaired) electrons. The van der Waals surface area contributed by atoms with Gasteiger partial charge in [0.1, 0.15) is 22.3 Å². The van der Waals surface area contributed by atoms with E-state index in [1.54, 1.807) is 0 Å². The van der Waals surface area contributed by atoms with E-state index in [1.165, 1.54) is 50.1 Å². The molecule has 4 heteroatoms. The minimum atomic E-state index is -0.479. The van der Waals surface area contributed by atoms with Crippen LogP contribution in [0.1, 0.15) is 45.4 Å². The lowest BCUT2D eigenvalue weighted by atomic mass is 9.68. The summed E-state index contributed by atoms with van der Waals surface area (Å²) in [6, 6.07) is 80.6. The highest BCUT2D eigenvalue weighted by Gasteiger charge is 2.52. The van der Waals surface area contributed by atoms with Gasteiger partial charge in [-0.3, -0.25) is 0 Å². The fourth-order valence-corrected chi connectivity index (χ4v) is 12.1. The minimum Gasteiger partial charge on any atom is -0.456 e. The second-order valence-corrected chi connectivity index (χ2v) is 18.6. The van der Waals surface area contributed by atoms with Crippen LogP contribution in [0.3, 0.4) is 0 Å². The van der Waals surface area contributed by atoms with Crippen LogP contribution < -0.4 is 0 Å². The standard InChI is InChI=1S/C66H40N2O2/c1-2-16-40(17-3-1)41-18-12-19-43(38-41)65-67-56(49-26-14-32-60-62(49)51-23-7-11-31-58(51)69-60)35-36-57(68-65)50-27-15-33-61-63(50)52-39-42(34-37-59(52)70-61)44-24-13-25-48-47-22-6-10-30-55(47)66(64(44)48)53-28-8-4-20-45(53)46-21-5-9-29-54(46)66/h1-34,36-39H,35H2. The van der Waals surface area contributed by atoms with Crippen LogP contribution in [0.5, 0.6) is 0 Å². The maximum atomic E-state index is 6.77. The Morgan fingerprint density at radius 2 is 0.871 bits per heavy atom. The van der Waals surface area contributed by atoms with E-state index in [0.29, 0.717) is 12.3 Å². The van der Waals surface area contributed by atoms with Gasteiger partial charge in [0.05, 0.1) is 16.8 Å². The summed E-state index contributed by atoms with van der Waals surface area (Å²) in [7, 11) is 0. The first kappa shape index (κ1) is 38.9. The zero-order valence-corrected chi connectivity index (χ0v) is 37.9. The van der Waals surface area contributed by atoms with Crippen LogP contribution in [-0.2, 0) is 5.41 Å². The molecule has 0 fully saturated rings. The summed E-state index contributed by atoms with van der Waals surface area (Å²) in [5.74, 6) is 0.647. The van der Waals surface area contributed by atoms with Crippen LogP contribution in [0.15, 0.2) is 249 Å². The van der Waals surface area contributed by atoms with Gasteiger partial charge in [0.15, 0.2) is 5.84 Å². The molecule has 0 bridgehead atoms. The zero-order valence-electron chi connectivity index (χ0n) is 37.9. The van der Waals surface area contributed by atoms with Gasteiger partial charge in [-0.05, 0) is 103 Å². The van der Waals surface area contributed by atoms with E-state index >= 15 is 0 Å². The number of para-hydroxylation sites is 1. The molecule has 326 valence electrons. The molecule has 3 heterocycles. The highest BCUT2D eigenvalue weighted by molar-refractivity contribution is 6.24. The number of amidine groups is 1. The summed E-state index contributed by atoms with van der Waals surface area (Å²) >= 11 is 0. The molecule has 0 N–H and O–H groups in total. The Bertz CT molecular complexity index is 4210. The van der Waals surface area contributed by atoms with Gasteiger partial charge in [-0.1, -0.05) is 194 Å². The summed E-state index contributed by atoms with van der Waals surface area (Å²) in [5, 5.41) is 4.20. The lowest BCUT2D eigenvalue weighted by Crippen LogP contribution is -2.26. The first-order chi connectivity index (χ1) is 34.7. The maximum Gasteiger partial charge on any atom is 0.160 e.